The maximum Gasteiger partial charge on any atom is 0.270 e. The number of nitro benzene ring substituents is 1. The Labute approximate surface area is 124 Å². The summed E-state index contributed by atoms with van der Waals surface area (Å²) in [4.78, 5) is 12.9. The zero-order valence-corrected chi connectivity index (χ0v) is 12.6. The Hall–Kier alpha value is -1.66. The molecule has 0 aromatic heterocycles. The molecule has 1 aliphatic heterocycles. The zero-order valence-electron chi connectivity index (χ0n) is 12.6. The van der Waals surface area contributed by atoms with Gasteiger partial charge >= 0.3 is 0 Å². The van der Waals surface area contributed by atoms with E-state index in [1.165, 1.54) is 18.2 Å². The van der Waals surface area contributed by atoms with E-state index in [4.69, 9.17) is 0 Å². The molecule has 1 aliphatic rings. The van der Waals surface area contributed by atoms with E-state index >= 15 is 0 Å². The zero-order chi connectivity index (χ0) is 15.4. The standard InChI is InChI=1S/C15H23N3O3/c1-11(2)9-14(17-7-5-16-6-8-17)13-10-12(18(20)21)3-4-15(13)19/h3-4,10-11,14,16,19H,5-9H2,1-2H3/t14-/m0/s1. The maximum absolute atomic E-state index is 11.0. The van der Waals surface area contributed by atoms with Crippen molar-refractivity contribution in [2.24, 2.45) is 5.92 Å². The second-order valence-corrected chi connectivity index (χ2v) is 5.93. The topological polar surface area (TPSA) is 78.6 Å². The van der Waals surface area contributed by atoms with E-state index in [1.54, 1.807) is 0 Å². The molecular formula is C15H23N3O3. The van der Waals surface area contributed by atoms with Gasteiger partial charge in [0.25, 0.3) is 5.69 Å². The van der Waals surface area contributed by atoms with Crippen molar-refractivity contribution in [2.45, 2.75) is 26.3 Å². The lowest BCUT2D eigenvalue weighted by molar-refractivity contribution is -0.385. The van der Waals surface area contributed by atoms with Gasteiger partial charge in [0.15, 0.2) is 0 Å². The molecule has 1 heterocycles. The number of nitrogens with one attached hydrogen (secondary N) is 1. The van der Waals surface area contributed by atoms with Gasteiger partial charge in [0.2, 0.25) is 0 Å². The number of phenols is 1. The van der Waals surface area contributed by atoms with Crippen LogP contribution in [0, 0.1) is 16.0 Å². The minimum atomic E-state index is -0.410. The highest BCUT2D eigenvalue weighted by molar-refractivity contribution is 5.44. The molecule has 1 aromatic carbocycles. The highest BCUT2D eigenvalue weighted by atomic mass is 16.6. The van der Waals surface area contributed by atoms with Gasteiger partial charge in [0, 0.05) is 49.9 Å². The number of piperazine rings is 1. The molecule has 1 fully saturated rings. The molecule has 1 aromatic rings. The molecule has 0 spiro atoms. The third-order valence-corrected chi connectivity index (χ3v) is 3.87. The summed E-state index contributed by atoms with van der Waals surface area (Å²) in [5.74, 6) is 0.591. The number of nitro groups is 1. The lowest BCUT2D eigenvalue weighted by atomic mass is 9.94. The molecule has 1 saturated heterocycles. The lowest BCUT2D eigenvalue weighted by Gasteiger charge is -2.36. The summed E-state index contributed by atoms with van der Waals surface area (Å²) in [5, 5.41) is 24.5. The Balaban J connectivity index is 2.34. The smallest absolute Gasteiger partial charge is 0.270 e. The first-order valence-corrected chi connectivity index (χ1v) is 7.41. The average molecular weight is 293 g/mol. The number of hydrogen-bond acceptors (Lipinski definition) is 5. The van der Waals surface area contributed by atoms with Crippen LogP contribution in [0.1, 0.15) is 31.9 Å². The van der Waals surface area contributed by atoms with Gasteiger partial charge in [-0.1, -0.05) is 13.8 Å². The molecule has 2 N–H and O–H groups in total. The van der Waals surface area contributed by atoms with E-state index in [9.17, 15) is 15.2 Å². The monoisotopic (exact) mass is 293 g/mol. The Morgan fingerprint density at radius 3 is 2.62 bits per heavy atom. The van der Waals surface area contributed by atoms with Crippen molar-refractivity contribution in [2.75, 3.05) is 26.2 Å². The molecule has 116 valence electrons. The third-order valence-electron chi connectivity index (χ3n) is 3.87. The van der Waals surface area contributed by atoms with Crippen molar-refractivity contribution in [1.29, 1.82) is 0 Å². The summed E-state index contributed by atoms with van der Waals surface area (Å²) in [5.41, 5.74) is 0.700. The molecule has 0 amide bonds. The van der Waals surface area contributed by atoms with E-state index in [2.05, 4.69) is 24.1 Å². The predicted octanol–water partition coefficient (Wildman–Crippen LogP) is 2.29. The summed E-state index contributed by atoms with van der Waals surface area (Å²) in [7, 11) is 0. The molecule has 2 rings (SSSR count). The van der Waals surface area contributed by atoms with Crippen LogP contribution in [0.2, 0.25) is 0 Å². The second kappa shape index (κ2) is 6.87. The van der Waals surface area contributed by atoms with Gasteiger partial charge in [-0.15, -0.1) is 0 Å². The molecule has 21 heavy (non-hydrogen) atoms. The molecule has 1 atom stereocenters. The van der Waals surface area contributed by atoms with Gasteiger partial charge in [0.05, 0.1) is 4.92 Å². The van der Waals surface area contributed by atoms with E-state index in [0.29, 0.717) is 11.5 Å². The van der Waals surface area contributed by atoms with E-state index in [1.807, 2.05) is 0 Å². The molecule has 6 heteroatoms. The summed E-state index contributed by atoms with van der Waals surface area (Å²) in [6.45, 7) is 7.85. The summed E-state index contributed by atoms with van der Waals surface area (Å²) in [6.07, 6.45) is 0.870. The SMILES string of the molecule is CC(C)C[C@@H](c1cc([N+](=O)[O-])ccc1O)N1CCNCC1. The Bertz CT molecular complexity index is 499. The van der Waals surface area contributed by atoms with Crippen LogP contribution in [-0.4, -0.2) is 41.1 Å². The number of benzene rings is 1. The van der Waals surface area contributed by atoms with E-state index in [0.717, 1.165) is 32.6 Å². The second-order valence-electron chi connectivity index (χ2n) is 5.93. The Kier molecular flexibility index (Phi) is 5.14. The fourth-order valence-corrected chi connectivity index (χ4v) is 2.84. The van der Waals surface area contributed by atoms with Gasteiger partial charge in [-0.05, 0) is 18.4 Å². The van der Waals surface area contributed by atoms with Crippen LogP contribution in [-0.2, 0) is 0 Å². The van der Waals surface area contributed by atoms with Crippen molar-refractivity contribution >= 4 is 5.69 Å². The fourth-order valence-electron chi connectivity index (χ4n) is 2.84. The highest BCUT2D eigenvalue weighted by Gasteiger charge is 2.26. The van der Waals surface area contributed by atoms with Crippen LogP contribution in [0.4, 0.5) is 5.69 Å². The molecule has 0 bridgehead atoms. The quantitative estimate of drug-likeness (QED) is 0.643. The third kappa shape index (κ3) is 3.92. The normalized spacial score (nSPS) is 17.9. The number of aromatic hydroxyl groups is 1. The number of rotatable bonds is 5. The summed E-state index contributed by atoms with van der Waals surface area (Å²) >= 11 is 0. The summed E-state index contributed by atoms with van der Waals surface area (Å²) < 4.78 is 0. The van der Waals surface area contributed by atoms with Gasteiger partial charge in [-0.3, -0.25) is 15.0 Å². The van der Waals surface area contributed by atoms with Crippen LogP contribution in [0.25, 0.3) is 0 Å². The van der Waals surface area contributed by atoms with Crippen molar-refractivity contribution in [3.8, 4) is 5.75 Å². The first kappa shape index (κ1) is 15.7. The number of non-ortho nitro benzene ring substituents is 1. The molecule has 6 nitrogen and oxygen atoms in total. The molecular weight excluding hydrogens is 270 g/mol. The molecule has 0 saturated carbocycles. The van der Waals surface area contributed by atoms with Gasteiger partial charge < -0.3 is 10.4 Å². The first-order valence-electron chi connectivity index (χ1n) is 7.41. The largest absolute Gasteiger partial charge is 0.508 e. The van der Waals surface area contributed by atoms with Crippen LogP contribution < -0.4 is 5.32 Å². The maximum atomic E-state index is 11.0. The highest BCUT2D eigenvalue weighted by Crippen LogP contribution is 2.35. The predicted molar refractivity (Wildman–Crippen MR) is 81.4 cm³/mol. The lowest BCUT2D eigenvalue weighted by Crippen LogP contribution is -2.45. The van der Waals surface area contributed by atoms with Crippen molar-refractivity contribution < 1.29 is 10.0 Å². The van der Waals surface area contributed by atoms with E-state index < -0.39 is 4.92 Å². The van der Waals surface area contributed by atoms with Crippen LogP contribution in [0.5, 0.6) is 5.75 Å². The average Bonchev–Trinajstić information content (AvgIpc) is 2.46. The van der Waals surface area contributed by atoms with Crippen LogP contribution >= 0.6 is 0 Å². The fraction of sp³-hybridized carbons (Fsp3) is 0.600. The molecule has 0 aliphatic carbocycles. The first-order chi connectivity index (χ1) is 9.99. The molecule has 0 unspecified atom stereocenters. The number of hydrogen-bond donors (Lipinski definition) is 2. The van der Waals surface area contributed by atoms with Gasteiger partial charge in [-0.25, -0.2) is 0 Å². The van der Waals surface area contributed by atoms with Gasteiger partial charge in [-0.2, -0.15) is 0 Å². The number of phenolic OH excluding ortho intramolecular Hbond substituents is 1. The van der Waals surface area contributed by atoms with Gasteiger partial charge in [0.1, 0.15) is 5.75 Å². The van der Waals surface area contributed by atoms with Crippen LogP contribution in [0.3, 0.4) is 0 Å². The minimum absolute atomic E-state index is 0.0204. The van der Waals surface area contributed by atoms with Crippen molar-refractivity contribution in [3.05, 3.63) is 33.9 Å². The van der Waals surface area contributed by atoms with Crippen LogP contribution in [0.15, 0.2) is 18.2 Å². The summed E-state index contributed by atoms with van der Waals surface area (Å²) in [6, 6.07) is 4.32. The van der Waals surface area contributed by atoms with Crippen molar-refractivity contribution in [1.82, 2.24) is 10.2 Å². The Morgan fingerprint density at radius 1 is 1.38 bits per heavy atom. The Morgan fingerprint density at radius 2 is 2.05 bits per heavy atom. The van der Waals surface area contributed by atoms with Crippen molar-refractivity contribution in [3.63, 3.8) is 0 Å². The molecule has 0 radical (unpaired) electrons. The van der Waals surface area contributed by atoms with E-state index in [-0.39, 0.29) is 17.5 Å². The number of nitrogens with zero attached hydrogens (tertiary/aromatic N) is 2. The minimum Gasteiger partial charge on any atom is -0.508 e.